The van der Waals surface area contributed by atoms with Crippen molar-refractivity contribution in [2.45, 2.75) is 58.1 Å². The highest BCUT2D eigenvalue weighted by molar-refractivity contribution is 5.30. The summed E-state index contributed by atoms with van der Waals surface area (Å²) in [6, 6.07) is 0. The molecule has 1 aliphatic rings. The van der Waals surface area contributed by atoms with Crippen LogP contribution in [0.4, 0.5) is 0 Å². The summed E-state index contributed by atoms with van der Waals surface area (Å²) in [6.07, 6.45) is 6.82. The Morgan fingerprint density at radius 1 is 1.38 bits per heavy atom. The maximum atomic E-state index is 9.96. The van der Waals surface area contributed by atoms with E-state index in [4.69, 9.17) is 4.74 Å². The van der Waals surface area contributed by atoms with Crippen molar-refractivity contribution in [1.82, 2.24) is 15.1 Å². The summed E-state index contributed by atoms with van der Waals surface area (Å²) < 4.78 is 7.17. The minimum atomic E-state index is -0.0700. The lowest BCUT2D eigenvalue weighted by Gasteiger charge is -2.27. The normalized spacial score (nSPS) is 22.5. The molecule has 1 aromatic rings. The Balaban J connectivity index is 1.70. The second-order valence-corrected chi connectivity index (χ2v) is 6.13. The standard InChI is InChI=1S/C16H29N3O2/c1-12-14(16(21-3)19(2)18-12)11-17-10-6-8-13-7-4-5-9-15(13)20/h13,15,17,20H,4-11H2,1-3H3. The molecule has 1 fully saturated rings. The molecule has 2 unspecified atom stereocenters. The van der Waals surface area contributed by atoms with Gasteiger partial charge >= 0.3 is 0 Å². The van der Waals surface area contributed by atoms with Crippen LogP contribution >= 0.6 is 0 Å². The van der Waals surface area contributed by atoms with Gasteiger partial charge in [0.2, 0.25) is 5.88 Å². The molecular weight excluding hydrogens is 266 g/mol. The zero-order valence-electron chi connectivity index (χ0n) is 13.6. The fourth-order valence-electron chi connectivity index (χ4n) is 3.37. The van der Waals surface area contributed by atoms with Gasteiger partial charge < -0.3 is 15.2 Å². The number of aliphatic hydroxyl groups is 1. The van der Waals surface area contributed by atoms with Crippen molar-refractivity contribution in [3.8, 4) is 5.88 Å². The van der Waals surface area contributed by atoms with Crippen LogP contribution in [0.1, 0.15) is 49.8 Å². The number of aliphatic hydroxyl groups excluding tert-OH is 1. The van der Waals surface area contributed by atoms with Gasteiger partial charge in [-0.05, 0) is 45.1 Å². The summed E-state index contributed by atoms with van der Waals surface area (Å²) in [5, 5.41) is 17.8. The topological polar surface area (TPSA) is 59.3 Å². The van der Waals surface area contributed by atoms with Crippen molar-refractivity contribution in [2.75, 3.05) is 13.7 Å². The molecule has 1 aliphatic carbocycles. The lowest BCUT2D eigenvalue weighted by molar-refractivity contribution is 0.0643. The first-order valence-corrected chi connectivity index (χ1v) is 8.08. The van der Waals surface area contributed by atoms with E-state index in [0.29, 0.717) is 5.92 Å². The van der Waals surface area contributed by atoms with Crippen molar-refractivity contribution in [3.05, 3.63) is 11.3 Å². The molecule has 2 atom stereocenters. The van der Waals surface area contributed by atoms with Crippen LogP contribution in [-0.4, -0.2) is 34.6 Å². The maximum absolute atomic E-state index is 9.96. The molecule has 21 heavy (non-hydrogen) atoms. The summed E-state index contributed by atoms with van der Waals surface area (Å²) in [5.74, 6) is 1.35. The Kier molecular flexibility index (Phi) is 6.06. The Morgan fingerprint density at radius 2 is 2.14 bits per heavy atom. The highest BCUT2D eigenvalue weighted by Crippen LogP contribution is 2.27. The number of nitrogens with zero attached hydrogens (tertiary/aromatic N) is 2. The molecule has 0 bridgehead atoms. The molecule has 1 heterocycles. The first-order chi connectivity index (χ1) is 10.1. The predicted molar refractivity (Wildman–Crippen MR) is 83.4 cm³/mol. The van der Waals surface area contributed by atoms with Gasteiger partial charge in [0.05, 0.1) is 24.5 Å². The quantitative estimate of drug-likeness (QED) is 0.757. The smallest absolute Gasteiger partial charge is 0.216 e. The summed E-state index contributed by atoms with van der Waals surface area (Å²) in [4.78, 5) is 0. The summed E-state index contributed by atoms with van der Waals surface area (Å²) in [7, 11) is 3.59. The maximum Gasteiger partial charge on any atom is 0.216 e. The monoisotopic (exact) mass is 295 g/mol. The number of methoxy groups -OCH3 is 1. The average Bonchev–Trinajstić information content (AvgIpc) is 2.74. The van der Waals surface area contributed by atoms with Gasteiger partial charge in [0.1, 0.15) is 0 Å². The van der Waals surface area contributed by atoms with E-state index in [1.54, 1.807) is 11.8 Å². The Bertz CT molecular complexity index is 445. The van der Waals surface area contributed by atoms with Gasteiger partial charge in [-0.15, -0.1) is 0 Å². The van der Waals surface area contributed by atoms with Gasteiger partial charge in [-0.25, -0.2) is 4.68 Å². The molecular formula is C16H29N3O2. The molecule has 2 N–H and O–H groups in total. The molecule has 0 amide bonds. The van der Waals surface area contributed by atoms with Crippen molar-refractivity contribution >= 4 is 0 Å². The van der Waals surface area contributed by atoms with Crippen LogP contribution in [0.15, 0.2) is 0 Å². The zero-order chi connectivity index (χ0) is 15.2. The number of hydrogen-bond acceptors (Lipinski definition) is 4. The van der Waals surface area contributed by atoms with E-state index in [0.717, 1.165) is 49.5 Å². The SMILES string of the molecule is COc1c(CNCCCC2CCCCC2O)c(C)nn1C. The van der Waals surface area contributed by atoms with Crippen LogP contribution in [0.2, 0.25) is 0 Å². The fourth-order valence-corrected chi connectivity index (χ4v) is 3.37. The number of hydrogen-bond donors (Lipinski definition) is 2. The summed E-state index contributed by atoms with van der Waals surface area (Å²) in [6.45, 7) is 3.77. The van der Waals surface area contributed by atoms with Gasteiger partial charge in [0, 0.05) is 13.6 Å². The molecule has 120 valence electrons. The molecule has 1 saturated carbocycles. The Labute approximate surface area is 127 Å². The van der Waals surface area contributed by atoms with Gasteiger partial charge in [0.25, 0.3) is 0 Å². The summed E-state index contributed by atoms with van der Waals surface area (Å²) >= 11 is 0. The number of nitrogens with one attached hydrogen (secondary N) is 1. The molecule has 0 aromatic carbocycles. The van der Waals surface area contributed by atoms with E-state index in [1.807, 2.05) is 14.0 Å². The van der Waals surface area contributed by atoms with E-state index >= 15 is 0 Å². The lowest BCUT2D eigenvalue weighted by Crippen LogP contribution is -2.25. The minimum absolute atomic E-state index is 0.0700. The van der Waals surface area contributed by atoms with Crippen LogP contribution < -0.4 is 10.1 Å². The number of rotatable bonds is 7. The third-order valence-corrected chi connectivity index (χ3v) is 4.58. The van der Waals surface area contributed by atoms with E-state index in [9.17, 15) is 5.11 Å². The zero-order valence-corrected chi connectivity index (χ0v) is 13.6. The molecule has 0 saturated heterocycles. The van der Waals surface area contributed by atoms with Crippen molar-refractivity contribution in [2.24, 2.45) is 13.0 Å². The van der Waals surface area contributed by atoms with Gasteiger partial charge in [-0.2, -0.15) is 5.10 Å². The minimum Gasteiger partial charge on any atom is -0.481 e. The largest absolute Gasteiger partial charge is 0.481 e. The first-order valence-electron chi connectivity index (χ1n) is 8.08. The van der Waals surface area contributed by atoms with Crippen LogP contribution in [0.5, 0.6) is 5.88 Å². The van der Waals surface area contributed by atoms with Crippen LogP contribution in [0.25, 0.3) is 0 Å². The van der Waals surface area contributed by atoms with E-state index in [-0.39, 0.29) is 6.10 Å². The molecule has 0 spiro atoms. The average molecular weight is 295 g/mol. The summed E-state index contributed by atoms with van der Waals surface area (Å²) in [5.41, 5.74) is 2.15. The van der Waals surface area contributed by atoms with E-state index in [1.165, 1.54) is 19.3 Å². The second-order valence-electron chi connectivity index (χ2n) is 6.13. The van der Waals surface area contributed by atoms with Crippen LogP contribution in [0.3, 0.4) is 0 Å². The third-order valence-electron chi connectivity index (χ3n) is 4.58. The van der Waals surface area contributed by atoms with Crippen LogP contribution in [0, 0.1) is 12.8 Å². The Morgan fingerprint density at radius 3 is 2.86 bits per heavy atom. The molecule has 5 heteroatoms. The second kappa shape index (κ2) is 7.80. The lowest BCUT2D eigenvalue weighted by atomic mass is 9.83. The number of aromatic nitrogens is 2. The van der Waals surface area contributed by atoms with E-state index < -0.39 is 0 Å². The van der Waals surface area contributed by atoms with E-state index in [2.05, 4.69) is 10.4 Å². The van der Waals surface area contributed by atoms with Crippen molar-refractivity contribution in [3.63, 3.8) is 0 Å². The van der Waals surface area contributed by atoms with Gasteiger partial charge in [0.15, 0.2) is 0 Å². The van der Waals surface area contributed by atoms with Crippen molar-refractivity contribution < 1.29 is 9.84 Å². The predicted octanol–water partition coefficient (Wildman–Crippen LogP) is 2.16. The van der Waals surface area contributed by atoms with Gasteiger partial charge in [-0.1, -0.05) is 12.8 Å². The molecule has 5 nitrogen and oxygen atoms in total. The molecule has 1 aromatic heterocycles. The number of aryl methyl sites for hydroxylation is 2. The highest BCUT2D eigenvalue weighted by Gasteiger charge is 2.22. The van der Waals surface area contributed by atoms with Crippen molar-refractivity contribution in [1.29, 1.82) is 0 Å². The molecule has 2 rings (SSSR count). The fraction of sp³-hybridized carbons (Fsp3) is 0.812. The third kappa shape index (κ3) is 4.20. The molecule has 0 radical (unpaired) electrons. The van der Waals surface area contributed by atoms with Crippen LogP contribution in [-0.2, 0) is 13.6 Å². The molecule has 0 aliphatic heterocycles. The Hall–Kier alpha value is -1.07. The van der Waals surface area contributed by atoms with Gasteiger partial charge in [-0.3, -0.25) is 0 Å². The highest BCUT2D eigenvalue weighted by atomic mass is 16.5. The first kappa shape index (κ1) is 16.3. The number of ether oxygens (including phenoxy) is 1.